The maximum absolute atomic E-state index is 14.0. The number of oxazole rings is 1. The number of anilines is 1. The van der Waals surface area contributed by atoms with E-state index in [4.69, 9.17) is 9.15 Å². The fraction of sp³-hybridized carbons (Fsp3) is 0.429. The number of carbonyl (C=O) groups is 2. The number of carboxylic acid groups (broad SMARTS) is 1. The van der Waals surface area contributed by atoms with Crippen LogP contribution in [0.25, 0.3) is 21.7 Å². The molecule has 3 atom stereocenters. The summed E-state index contributed by atoms with van der Waals surface area (Å²) < 4.78 is 57.3. The summed E-state index contributed by atoms with van der Waals surface area (Å²) in [7, 11) is 1.05. The van der Waals surface area contributed by atoms with Gasteiger partial charge in [-0.3, -0.25) is 4.90 Å². The van der Waals surface area contributed by atoms with Crippen molar-refractivity contribution in [1.29, 1.82) is 0 Å². The van der Waals surface area contributed by atoms with E-state index in [2.05, 4.69) is 14.7 Å². The van der Waals surface area contributed by atoms with E-state index >= 15 is 0 Å². The van der Waals surface area contributed by atoms with Gasteiger partial charge >= 0.3 is 18.2 Å². The van der Waals surface area contributed by atoms with Gasteiger partial charge in [0.25, 0.3) is 6.01 Å². The third-order valence-corrected chi connectivity index (χ3v) is 6.89. The Morgan fingerprint density at radius 2 is 2.06 bits per heavy atom. The van der Waals surface area contributed by atoms with Crippen LogP contribution < -0.4 is 4.90 Å². The predicted octanol–water partition coefficient (Wildman–Crippen LogP) is 3.69. The molecule has 3 aliphatic rings. The molecule has 186 valence electrons. The van der Waals surface area contributed by atoms with Gasteiger partial charge in [0, 0.05) is 30.2 Å². The molecule has 3 fully saturated rings. The largest absolute Gasteiger partial charge is 0.467 e. The standard InChI is InChI=1S/C21H19F3N4O6S/c1-32-14(29)9-33-17(21(22,23)24)12-2-3-13(18-25-4-5-35-18)16-15(12)26-19(34-16)27-7-10-6-11(8-27)28(10)20(30)31/h2-5,10-11,17H,6-9H2,1H3,(H,30,31). The number of hydrogen-bond acceptors (Lipinski definition) is 9. The molecule has 6 rings (SSSR count). The number of rotatable bonds is 6. The van der Waals surface area contributed by atoms with Crippen molar-refractivity contribution in [1.82, 2.24) is 14.9 Å². The van der Waals surface area contributed by atoms with E-state index in [-0.39, 0.29) is 34.8 Å². The number of benzene rings is 1. The first-order chi connectivity index (χ1) is 16.7. The molecule has 1 N–H and O–H groups in total. The van der Waals surface area contributed by atoms with Crippen LogP contribution >= 0.6 is 11.3 Å². The smallest absolute Gasteiger partial charge is 0.418 e. The number of alkyl halides is 3. The molecule has 3 aromatic rings. The Labute approximate surface area is 199 Å². The molecular formula is C21H19F3N4O6S. The lowest BCUT2D eigenvalue weighted by Gasteiger charge is -2.54. The van der Waals surface area contributed by atoms with E-state index in [1.165, 1.54) is 28.4 Å². The molecule has 3 saturated heterocycles. The summed E-state index contributed by atoms with van der Waals surface area (Å²) in [5.74, 6) is -0.953. The normalized spacial score (nSPS) is 20.6. The van der Waals surface area contributed by atoms with Crippen molar-refractivity contribution in [3.8, 4) is 10.6 Å². The summed E-state index contributed by atoms with van der Waals surface area (Å²) in [6, 6.07) is 2.28. The second-order valence-corrected chi connectivity index (χ2v) is 9.06. The lowest BCUT2D eigenvalue weighted by atomic mass is 9.88. The number of ether oxygens (including phenoxy) is 2. The predicted molar refractivity (Wildman–Crippen MR) is 116 cm³/mol. The average Bonchev–Trinajstić information content (AvgIpc) is 3.48. The molecule has 2 aromatic heterocycles. The van der Waals surface area contributed by atoms with Gasteiger partial charge in [0.05, 0.1) is 24.8 Å². The monoisotopic (exact) mass is 512 g/mol. The van der Waals surface area contributed by atoms with Crippen molar-refractivity contribution in [3.05, 3.63) is 29.3 Å². The molecule has 3 unspecified atom stereocenters. The van der Waals surface area contributed by atoms with Crippen LogP contribution in [0.1, 0.15) is 18.1 Å². The molecule has 0 aliphatic carbocycles. The van der Waals surface area contributed by atoms with E-state index in [0.717, 1.165) is 7.11 Å². The van der Waals surface area contributed by atoms with Gasteiger partial charge in [0.1, 0.15) is 17.1 Å². The molecular weight excluding hydrogens is 493 g/mol. The zero-order chi connectivity index (χ0) is 24.9. The third kappa shape index (κ3) is 4.16. The van der Waals surface area contributed by atoms with Crippen molar-refractivity contribution in [2.24, 2.45) is 0 Å². The van der Waals surface area contributed by atoms with Crippen LogP contribution in [0.5, 0.6) is 0 Å². The number of nitrogens with zero attached hydrogens (tertiary/aromatic N) is 4. The Bertz CT molecular complexity index is 1250. The highest BCUT2D eigenvalue weighted by Crippen LogP contribution is 2.43. The van der Waals surface area contributed by atoms with Gasteiger partial charge in [-0.05, 0) is 12.5 Å². The summed E-state index contributed by atoms with van der Waals surface area (Å²) in [5.41, 5.74) is 0.161. The number of fused-ring (bicyclic) bond motifs is 3. The first-order valence-electron chi connectivity index (χ1n) is 10.5. The molecule has 0 saturated carbocycles. The van der Waals surface area contributed by atoms with Gasteiger partial charge in [-0.2, -0.15) is 18.2 Å². The van der Waals surface area contributed by atoms with E-state index in [9.17, 15) is 27.9 Å². The van der Waals surface area contributed by atoms with Gasteiger partial charge in [-0.1, -0.05) is 6.07 Å². The maximum Gasteiger partial charge on any atom is 0.418 e. The van der Waals surface area contributed by atoms with Gasteiger partial charge in [0.2, 0.25) is 0 Å². The molecule has 35 heavy (non-hydrogen) atoms. The second kappa shape index (κ2) is 8.68. The zero-order valence-corrected chi connectivity index (χ0v) is 19.0. The Balaban J connectivity index is 1.56. The van der Waals surface area contributed by atoms with Crippen molar-refractivity contribution >= 4 is 40.5 Å². The summed E-state index contributed by atoms with van der Waals surface area (Å²) in [4.78, 5) is 34.6. The quantitative estimate of drug-likeness (QED) is 0.494. The fourth-order valence-corrected chi connectivity index (χ4v) is 5.20. The summed E-state index contributed by atoms with van der Waals surface area (Å²) >= 11 is 1.28. The Hall–Kier alpha value is -3.39. The molecule has 10 nitrogen and oxygen atoms in total. The molecule has 1 aromatic carbocycles. The van der Waals surface area contributed by atoms with Crippen LogP contribution in [0.4, 0.5) is 24.0 Å². The highest BCUT2D eigenvalue weighted by molar-refractivity contribution is 7.13. The van der Waals surface area contributed by atoms with Gasteiger partial charge in [-0.25, -0.2) is 14.6 Å². The lowest BCUT2D eigenvalue weighted by Crippen LogP contribution is -2.70. The molecule has 0 spiro atoms. The minimum atomic E-state index is -4.85. The molecule has 14 heteroatoms. The van der Waals surface area contributed by atoms with Crippen LogP contribution in [0.2, 0.25) is 0 Å². The van der Waals surface area contributed by atoms with Gasteiger partial charge in [0.15, 0.2) is 11.7 Å². The molecule has 5 heterocycles. The number of hydrogen-bond donors (Lipinski definition) is 1. The number of esters is 1. The number of piperazine rings is 1. The first-order valence-corrected chi connectivity index (χ1v) is 11.4. The van der Waals surface area contributed by atoms with E-state index in [0.29, 0.717) is 30.1 Å². The summed E-state index contributed by atoms with van der Waals surface area (Å²) in [6.07, 6.45) is -6.04. The number of amides is 1. The van der Waals surface area contributed by atoms with Crippen molar-refractivity contribution in [3.63, 3.8) is 0 Å². The number of aromatic nitrogens is 2. The molecule has 1 amide bonds. The number of methoxy groups -OCH3 is 1. The topological polar surface area (TPSA) is 118 Å². The Morgan fingerprint density at radius 1 is 1.31 bits per heavy atom. The average molecular weight is 512 g/mol. The minimum absolute atomic E-state index is 0.0748. The van der Waals surface area contributed by atoms with Crippen LogP contribution in [-0.4, -0.2) is 77.1 Å². The van der Waals surface area contributed by atoms with Crippen LogP contribution in [0.15, 0.2) is 28.1 Å². The van der Waals surface area contributed by atoms with Crippen LogP contribution in [-0.2, 0) is 14.3 Å². The number of carbonyl (C=O) groups excluding carboxylic acids is 1. The highest BCUT2D eigenvalue weighted by Gasteiger charge is 2.49. The van der Waals surface area contributed by atoms with E-state index in [1.807, 2.05) is 0 Å². The third-order valence-electron chi connectivity index (χ3n) is 6.09. The molecule has 3 aliphatic heterocycles. The van der Waals surface area contributed by atoms with Gasteiger partial charge in [-0.15, -0.1) is 11.3 Å². The first kappa shape index (κ1) is 23.4. The van der Waals surface area contributed by atoms with Crippen molar-refractivity contribution in [2.45, 2.75) is 30.8 Å². The Kier molecular flexibility index (Phi) is 5.79. The fourth-order valence-electron chi connectivity index (χ4n) is 4.54. The minimum Gasteiger partial charge on any atom is -0.467 e. The number of thiazole rings is 1. The van der Waals surface area contributed by atoms with Crippen LogP contribution in [0, 0.1) is 0 Å². The molecule has 2 bridgehead atoms. The maximum atomic E-state index is 14.0. The zero-order valence-electron chi connectivity index (χ0n) is 18.2. The Morgan fingerprint density at radius 3 is 2.66 bits per heavy atom. The number of piperidine rings is 1. The second-order valence-electron chi connectivity index (χ2n) is 8.16. The summed E-state index contributed by atoms with van der Waals surface area (Å²) in [5, 5.41) is 11.6. The SMILES string of the molecule is COC(=O)COC(c1ccc(-c2nccs2)c2oc(N3CC4CC(C3)N4C(=O)O)nc12)C(F)(F)F. The van der Waals surface area contributed by atoms with Gasteiger partial charge < -0.3 is 23.9 Å². The van der Waals surface area contributed by atoms with Crippen molar-refractivity contribution in [2.75, 3.05) is 31.7 Å². The van der Waals surface area contributed by atoms with Crippen LogP contribution in [0.3, 0.4) is 0 Å². The number of halogens is 3. The molecule has 0 radical (unpaired) electrons. The highest BCUT2D eigenvalue weighted by atomic mass is 32.1. The van der Waals surface area contributed by atoms with E-state index < -0.39 is 30.9 Å². The van der Waals surface area contributed by atoms with Crippen molar-refractivity contribution < 1.29 is 41.8 Å². The van der Waals surface area contributed by atoms with E-state index in [1.54, 1.807) is 16.5 Å². The summed E-state index contributed by atoms with van der Waals surface area (Å²) in [6.45, 7) is -0.292. The lowest BCUT2D eigenvalue weighted by molar-refractivity contribution is -0.225.